The number of hydrogen-bond donors (Lipinski definition) is 2. The Kier molecular flexibility index (Phi) is 7.31. The molecule has 0 aliphatic carbocycles. The fourth-order valence-electron chi connectivity index (χ4n) is 0.682. The molecule has 0 aliphatic rings. The first kappa shape index (κ1) is 13.7. The van der Waals surface area contributed by atoms with Gasteiger partial charge in [-0.2, -0.15) is 0 Å². The van der Waals surface area contributed by atoms with Crippen LogP contribution in [0.3, 0.4) is 0 Å². The largest absolute Gasteiger partial charge is 0.480 e. The summed E-state index contributed by atoms with van der Waals surface area (Å²) in [6.07, 6.45) is 2.86. The van der Waals surface area contributed by atoms with Crippen LogP contribution >= 0.6 is 11.8 Å². The third kappa shape index (κ3) is 6.70. The molecule has 0 radical (unpaired) electrons. The van der Waals surface area contributed by atoms with E-state index >= 15 is 0 Å². The molecule has 1 rings (SSSR count). The van der Waals surface area contributed by atoms with Crippen molar-refractivity contribution in [3.8, 4) is 0 Å². The van der Waals surface area contributed by atoms with Crippen LogP contribution in [-0.4, -0.2) is 30.2 Å². The lowest BCUT2D eigenvalue weighted by Crippen LogP contribution is -2.10. The normalized spacial score (nSPS) is 8.67. The van der Waals surface area contributed by atoms with Crippen molar-refractivity contribution in [2.45, 2.75) is 4.90 Å². The zero-order valence-electron chi connectivity index (χ0n) is 8.34. The predicted molar refractivity (Wildman–Crippen MR) is 60.3 cm³/mol. The predicted octanol–water partition coefficient (Wildman–Crippen LogP) is 1.25. The molecule has 0 amide bonds. The van der Waals surface area contributed by atoms with Gasteiger partial charge in [-0.3, -0.25) is 9.59 Å². The zero-order chi connectivity index (χ0) is 11.7. The first-order valence-electron chi connectivity index (χ1n) is 4.15. The van der Waals surface area contributed by atoms with Crippen molar-refractivity contribution in [2.75, 3.05) is 12.8 Å². The third-order valence-corrected chi connectivity index (χ3v) is 2.17. The van der Waals surface area contributed by atoms with E-state index in [1.54, 1.807) is 11.8 Å². The van der Waals surface area contributed by atoms with Gasteiger partial charge in [-0.25, -0.2) is 0 Å². The Morgan fingerprint density at radius 1 is 1.47 bits per heavy atom. The fraction of sp³-hybridized carbons (Fsp3) is 0.200. The van der Waals surface area contributed by atoms with E-state index in [1.165, 1.54) is 4.90 Å². The van der Waals surface area contributed by atoms with E-state index in [1.807, 2.05) is 30.5 Å². The molecular weight excluding hydrogens is 214 g/mol. The molecule has 0 aliphatic heterocycles. The van der Waals surface area contributed by atoms with E-state index in [2.05, 4.69) is 5.73 Å². The van der Waals surface area contributed by atoms with Crippen molar-refractivity contribution in [1.82, 2.24) is 0 Å². The minimum Gasteiger partial charge on any atom is -0.480 e. The van der Waals surface area contributed by atoms with Gasteiger partial charge in [0.2, 0.25) is 0 Å². The van der Waals surface area contributed by atoms with Crippen LogP contribution in [0.2, 0.25) is 0 Å². The summed E-state index contributed by atoms with van der Waals surface area (Å²) in [5.41, 5.74) is 5.31. The van der Waals surface area contributed by atoms with Gasteiger partial charge in [0, 0.05) is 10.5 Å². The van der Waals surface area contributed by atoms with Crippen molar-refractivity contribution in [1.29, 1.82) is 0 Å². The molecule has 0 saturated heterocycles. The van der Waals surface area contributed by atoms with Crippen LogP contribution in [0.1, 0.15) is 10.4 Å². The maximum absolute atomic E-state index is 10.2. The number of carbonyl (C=O) groups excluding carboxylic acids is 1. The molecule has 1 aromatic rings. The molecule has 0 saturated carbocycles. The quantitative estimate of drug-likeness (QED) is 0.600. The van der Waals surface area contributed by atoms with Crippen LogP contribution in [0.4, 0.5) is 0 Å². The number of thioether (sulfide) groups is 1. The van der Waals surface area contributed by atoms with Crippen LogP contribution in [0, 0.1) is 0 Å². The Labute approximate surface area is 92.5 Å². The summed E-state index contributed by atoms with van der Waals surface area (Å²) < 4.78 is 0. The van der Waals surface area contributed by atoms with Crippen molar-refractivity contribution in [3.63, 3.8) is 0 Å². The van der Waals surface area contributed by atoms with Gasteiger partial charge >= 0.3 is 5.97 Å². The maximum Gasteiger partial charge on any atom is 0.317 e. The average Bonchev–Trinajstić information content (AvgIpc) is 2.30. The molecule has 0 fully saturated rings. The highest BCUT2D eigenvalue weighted by Crippen LogP contribution is 2.13. The molecule has 15 heavy (non-hydrogen) atoms. The van der Waals surface area contributed by atoms with Crippen LogP contribution in [-0.2, 0) is 4.79 Å². The Bertz CT molecular complexity index is 311. The van der Waals surface area contributed by atoms with Gasteiger partial charge in [0.05, 0.1) is 6.54 Å². The molecule has 1 aromatic carbocycles. The van der Waals surface area contributed by atoms with Gasteiger partial charge in [0.25, 0.3) is 0 Å². The SMILES string of the molecule is CSc1ccc(C=O)cc1.NCC(=O)O. The molecular formula is C10H13NO3S. The molecule has 0 bridgehead atoms. The summed E-state index contributed by atoms with van der Waals surface area (Å²) in [5, 5.41) is 7.60. The molecule has 0 spiro atoms. The Morgan fingerprint density at radius 2 is 1.93 bits per heavy atom. The van der Waals surface area contributed by atoms with E-state index in [0.717, 1.165) is 11.8 Å². The second-order valence-electron chi connectivity index (χ2n) is 2.49. The minimum absolute atomic E-state index is 0.278. The number of aliphatic carboxylic acids is 1. The molecule has 4 nitrogen and oxygen atoms in total. The summed E-state index contributed by atoms with van der Waals surface area (Å²) in [6.45, 7) is -0.278. The Morgan fingerprint density at radius 3 is 2.20 bits per heavy atom. The number of carboxylic acid groups (broad SMARTS) is 1. The van der Waals surface area contributed by atoms with E-state index in [9.17, 15) is 9.59 Å². The number of carboxylic acids is 1. The highest BCUT2D eigenvalue weighted by atomic mass is 32.2. The molecule has 0 aromatic heterocycles. The zero-order valence-corrected chi connectivity index (χ0v) is 9.16. The number of nitrogens with two attached hydrogens (primary N) is 1. The van der Waals surface area contributed by atoms with Crippen molar-refractivity contribution in [3.05, 3.63) is 29.8 Å². The number of carbonyl (C=O) groups is 2. The second-order valence-corrected chi connectivity index (χ2v) is 3.37. The topological polar surface area (TPSA) is 80.4 Å². The minimum atomic E-state index is -0.968. The van der Waals surface area contributed by atoms with Crippen LogP contribution < -0.4 is 5.73 Å². The standard InChI is InChI=1S/C8H8OS.C2H5NO2/c1-10-8-4-2-7(6-9)3-5-8;3-1-2(4)5/h2-6H,1H3;1,3H2,(H,4,5). The molecule has 0 unspecified atom stereocenters. The first-order chi connectivity index (χ1) is 7.13. The lowest BCUT2D eigenvalue weighted by atomic mass is 10.2. The van der Waals surface area contributed by atoms with Crippen LogP contribution in [0.15, 0.2) is 29.2 Å². The van der Waals surface area contributed by atoms with Crippen LogP contribution in [0.25, 0.3) is 0 Å². The highest BCUT2D eigenvalue weighted by molar-refractivity contribution is 7.98. The van der Waals surface area contributed by atoms with Crippen molar-refractivity contribution >= 4 is 24.0 Å². The number of rotatable bonds is 3. The number of aldehydes is 1. The summed E-state index contributed by atoms with van der Waals surface area (Å²) >= 11 is 1.67. The van der Waals surface area contributed by atoms with Gasteiger partial charge in [0.15, 0.2) is 0 Å². The first-order valence-corrected chi connectivity index (χ1v) is 5.37. The molecule has 0 atom stereocenters. The summed E-state index contributed by atoms with van der Waals surface area (Å²) in [7, 11) is 0. The van der Waals surface area contributed by atoms with Crippen LogP contribution in [0.5, 0.6) is 0 Å². The second kappa shape index (κ2) is 8.02. The van der Waals surface area contributed by atoms with E-state index in [0.29, 0.717) is 0 Å². The lowest BCUT2D eigenvalue weighted by molar-refractivity contribution is -0.135. The fourth-order valence-corrected chi connectivity index (χ4v) is 1.09. The van der Waals surface area contributed by atoms with E-state index in [4.69, 9.17) is 5.11 Å². The van der Waals surface area contributed by atoms with Gasteiger partial charge in [0.1, 0.15) is 6.29 Å². The molecule has 0 heterocycles. The van der Waals surface area contributed by atoms with Gasteiger partial charge in [-0.05, 0) is 18.4 Å². The summed E-state index contributed by atoms with van der Waals surface area (Å²) in [5.74, 6) is -0.968. The summed E-state index contributed by atoms with van der Waals surface area (Å²) in [4.78, 5) is 20.6. The van der Waals surface area contributed by atoms with E-state index < -0.39 is 5.97 Å². The average molecular weight is 227 g/mol. The monoisotopic (exact) mass is 227 g/mol. The number of hydrogen-bond acceptors (Lipinski definition) is 4. The van der Waals surface area contributed by atoms with Gasteiger partial charge < -0.3 is 10.8 Å². The smallest absolute Gasteiger partial charge is 0.317 e. The van der Waals surface area contributed by atoms with E-state index in [-0.39, 0.29) is 6.54 Å². The molecule has 3 N–H and O–H groups in total. The molecule has 82 valence electrons. The number of benzene rings is 1. The van der Waals surface area contributed by atoms with Crippen molar-refractivity contribution in [2.24, 2.45) is 5.73 Å². The summed E-state index contributed by atoms with van der Waals surface area (Å²) in [6, 6.07) is 7.51. The Balaban J connectivity index is 0.000000336. The van der Waals surface area contributed by atoms with Gasteiger partial charge in [-0.1, -0.05) is 12.1 Å². The Hall–Kier alpha value is -1.33. The third-order valence-electron chi connectivity index (χ3n) is 1.43. The highest BCUT2D eigenvalue weighted by Gasteiger charge is 1.89. The lowest BCUT2D eigenvalue weighted by Gasteiger charge is -1.93. The van der Waals surface area contributed by atoms with Gasteiger partial charge in [-0.15, -0.1) is 11.8 Å². The maximum atomic E-state index is 10.2. The molecule has 5 heteroatoms. The van der Waals surface area contributed by atoms with Crippen molar-refractivity contribution < 1.29 is 14.7 Å².